The van der Waals surface area contributed by atoms with Crippen LogP contribution in [0.4, 0.5) is 0 Å². The topological polar surface area (TPSA) is 36.7 Å². The highest BCUT2D eigenvalue weighted by Crippen LogP contribution is 2.24. The molecule has 1 aliphatic heterocycles. The van der Waals surface area contributed by atoms with E-state index in [0.717, 1.165) is 62.5 Å². The lowest BCUT2D eigenvalue weighted by Crippen LogP contribution is -2.39. The zero-order chi connectivity index (χ0) is 18.7. The van der Waals surface area contributed by atoms with Gasteiger partial charge in [0.2, 0.25) is 0 Å². The Morgan fingerprint density at radius 1 is 1.12 bits per heavy atom. The van der Waals surface area contributed by atoms with Crippen LogP contribution in [0.2, 0.25) is 0 Å². The van der Waals surface area contributed by atoms with Crippen molar-refractivity contribution in [1.29, 1.82) is 0 Å². The normalized spacial score (nSPS) is 14.2. The highest BCUT2D eigenvalue weighted by molar-refractivity contribution is 5.97. The van der Waals surface area contributed by atoms with Crippen molar-refractivity contribution in [3.05, 3.63) is 58.0 Å². The molecule has 1 amide bonds. The van der Waals surface area contributed by atoms with Gasteiger partial charge in [-0.2, -0.15) is 0 Å². The van der Waals surface area contributed by atoms with E-state index in [-0.39, 0.29) is 5.91 Å². The number of likely N-dealkylation sites (N-methyl/N-ethyl adjacent to an activating group) is 1. The van der Waals surface area contributed by atoms with Crippen LogP contribution in [-0.4, -0.2) is 48.9 Å². The summed E-state index contributed by atoms with van der Waals surface area (Å²) in [4.78, 5) is 17.1. The Kier molecular flexibility index (Phi) is 5.82. The van der Waals surface area contributed by atoms with Crippen molar-refractivity contribution in [2.75, 3.05) is 33.2 Å². The smallest absolute Gasteiger partial charge is 0.254 e. The Morgan fingerprint density at radius 3 is 2.65 bits per heavy atom. The van der Waals surface area contributed by atoms with Gasteiger partial charge in [0.05, 0.1) is 0 Å². The quantitative estimate of drug-likeness (QED) is 0.759. The van der Waals surface area contributed by atoms with Gasteiger partial charge in [-0.15, -0.1) is 0 Å². The standard InChI is InChI=1S/C22H30N2O2/c1-16-6-9-21-20(18(16)3)11-15-24(22(21)25)13-5-12-23(4)14-10-19-8-7-17(2)26-19/h6-9H,5,10-15H2,1-4H3. The van der Waals surface area contributed by atoms with E-state index in [1.165, 1.54) is 16.7 Å². The van der Waals surface area contributed by atoms with Crippen molar-refractivity contribution in [1.82, 2.24) is 9.80 Å². The molecule has 0 spiro atoms. The van der Waals surface area contributed by atoms with Crippen LogP contribution in [0.3, 0.4) is 0 Å². The van der Waals surface area contributed by atoms with Crippen LogP contribution in [-0.2, 0) is 12.8 Å². The summed E-state index contributed by atoms with van der Waals surface area (Å²) in [6, 6.07) is 8.14. The number of hydrogen-bond acceptors (Lipinski definition) is 3. The molecular weight excluding hydrogens is 324 g/mol. The number of hydrogen-bond donors (Lipinski definition) is 0. The fraction of sp³-hybridized carbons (Fsp3) is 0.500. The maximum Gasteiger partial charge on any atom is 0.254 e. The van der Waals surface area contributed by atoms with Crippen LogP contribution in [0.5, 0.6) is 0 Å². The molecule has 0 N–H and O–H groups in total. The molecule has 4 heteroatoms. The summed E-state index contributed by atoms with van der Waals surface area (Å²) in [5.41, 5.74) is 4.71. The maximum atomic E-state index is 12.8. The molecule has 140 valence electrons. The molecule has 4 nitrogen and oxygen atoms in total. The van der Waals surface area contributed by atoms with Crippen LogP contribution in [0, 0.1) is 20.8 Å². The third kappa shape index (κ3) is 4.18. The number of fused-ring (bicyclic) bond motifs is 1. The van der Waals surface area contributed by atoms with E-state index in [2.05, 4.69) is 37.9 Å². The van der Waals surface area contributed by atoms with Gasteiger partial charge in [0.25, 0.3) is 5.91 Å². The molecule has 0 saturated heterocycles. The average Bonchev–Trinajstić information content (AvgIpc) is 3.04. The minimum atomic E-state index is 0.197. The average molecular weight is 354 g/mol. The Labute approximate surface area is 156 Å². The van der Waals surface area contributed by atoms with E-state index in [1.54, 1.807) is 0 Å². The van der Waals surface area contributed by atoms with E-state index < -0.39 is 0 Å². The van der Waals surface area contributed by atoms with Gasteiger partial charge in [0.15, 0.2) is 0 Å². The third-order valence-electron chi connectivity index (χ3n) is 5.52. The lowest BCUT2D eigenvalue weighted by atomic mass is 9.91. The Morgan fingerprint density at radius 2 is 1.92 bits per heavy atom. The largest absolute Gasteiger partial charge is 0.466 e. The summed E-state index contributed by atoms with van der Waals surface area (Å²) in [6.07, 6.45) is 2.90. The molecule has 0 unspecified atom stereocenters. The first-order valence-corrected chi connectivity index (χ1v) is 9.58. The lowest BCUT2D eigenvalue weighted by molar-refractivity contribution is 0.0733. The van der Waals surface area contributed by atoms with Crippen LogP contribution in [0.1, 0.15) is 45.0 Å². The summed E-state index contributed by atoms with van der Waals surface area (Å²) in [6.45, 7) is 9.86. The molecule has 0 aliphatic carbocycles. The van der Waals surface area contributed by atoms with E-state index in [1.807, 2.05) is 24.0 Å². The maximum absolute atomic E-state index is 12.8. The van der Waals surface area contributed by atoms with Gasteiger partial charge in [-0.05, 0) is 82.1 Å². The number of amides is 1. The number of rotatable bonds is 7. The van der Waals surface area contributed by atoms with Crippen LogP contribution in [0.25, 0.3) is 0 Å². The highest BCUT2D eigenvalue weighted by Gasteiger charge is 2.25. The second-order valence-corrected chi connectivity index (χ2v) is 7.49. The molecule has 0 radical (unpaired) electrons. The molecule has 26 heavy (non-hydrogen) atoms. The summed E-state index contributed by atoms with van der Waals surface area (Å²) in [5.74, 6) is 2.21. The molecule has 3 rings (SSSR count). The Bertz CT molecular complexity index is 778. The van der Waals surface area contributed by atoms with Gasteiger partial charge in [-0.1, -0.05) is 6.07 Å². The van der Waals surface area contributed by atoms with E-state index in [0.29, 0.717) is 0 Å². The minimum absolute atomic E-state index is 0.197. The summed E-state index contributed by atoms with van der Waals surface area (Å²) >= 11 is 0. The Balaban J connectivity index is 1.46. The van der Waals surface area contributed by atoms with Gasteiger partial charge in [-0.3, -0.25) is 4.79 Å². The van der Waals surface area contributed by atoms with Gasteiger partial charge in [-0.25, -0.2) is 0 Å². The van der Waals surface area contributed by atoms with Crippen molar-refractivity contribution < 1.29 is 9.21 Å². The summed E-state index contributed by atoms with van der Waals surface area (Å²) < 4.78 is 5.62. The number of furan rings is 1. The Hall–Kier alpha value is -2.07. The lowest BCUT2D eigenvalue weighted by Gasteiger charge is -2.30. The van der Waals surface area contributed by atoms with E-state index in [9.17, 15) is 4.79 Å². The zero-order valence-electron chi connectivity index (χ0n) is 16.5. The number of carbonyl (C=O) groups is 1. The van der Waals surface area contributed by atoms with Crippen molar-refractivity contribution in [2.24, 2.45) is 0 Å². The molecule has 0 fully saturated rings. The van der Waals surface area contributed by atoms with Crippen molar-refractivity contribution in [3.63, 3.8) is 0 Å². The van der Waals surface area contributed by atoms with Gasteiger partial charge in [0.1, 0.15) is 11.5 Å². The monoisotopic (exact) mass is 354 g/mol. The number of carbonyl (C=O) groups excluding carboxylic acids is 1. The second kappa shape index (κ2) is 8.09. The van der Waals surface area contributed by atoms with Gasteiger partial charge in [0, 0.05) is 31.6 Å². The molecule has 2 aromatic rings. The predicted molar refractivity (Wildman–Crippen MR) is 105 cm³/mol. The molecule has 0 saturated carbocycles. The fourth-order valence-corrected chi connectivity index (χ4v) is 3.69. The fourth-order valence-electron chi connectivity index (χ4n) is 3.69. The molecule has 1 aromatic heterocycles. The molecule has 1 aliphatic rings. The van der Waals surface area contributed by atoms with Crippen LogP contribution >= 0.6 is 0 Å². The SMILES string of the molecule is Cc1ccc(CCN(C)CCCN2CCc3c(ccc(C)c3C)C2=O)o1. The molecular formula is C22H30N2O2. The van der Waals surface area contributed by atoms with Gasteiger partial charge < -0.3 is 14.2 Å². The molecule has 0 atom stereocenters. The second-order valence-electron chi connectivity index (χ2n) is 7.49. The first-order valence-electron chi connectivity index (χ1n) is 9.58. The molecule has 0 bridgehead atoms. The number of benzene rings is 1. The first kappa shape index (κ1) is 18.7. The highest BCUT2D eigenvalue weighted by atomic mass is 16.3. The van der Waals surface area contributed by atoms with Crippen molar-refractivity contribution in [3.8, 4) is 0 Å². The van der Waals surface area contributed by atoms with Crippen molar-refractivity contribution >= 4 is 5.91 Å². The van der Waals surface area contributed by atoms with E-state index in [4.69, 9.17) is 4.42 Å². The van der Waals surface area contributed by atoms with Crippen molar-refractivity contribution in [2.45, 2.75) is 40.0 Å². The summed E-state index contributed by atoms with van der Waals surface area (Å²) in [7, 11) is 2.13. The van der Waals surface area contributed by atoms with Crippen LogP contribution < -0.4 is 0 Å². The zero-order valence-corrected chi connectivity index (χ0v) is 16.5. The predicted octanol–water partition coefficient (Wildman–Crippen LogP) is 3.77. The first-order chi connectivity index (χ1) is 12.5. The number of nitrogens with zero attached hydrogens (tertiary/aromatic N) is 2. The summed E-state index contributed by atoms with van der Waals surface area (Å²) in [5, 5.41) is 0. The number of aryl methyl sites for hydroxylation is 2. The minimum Gasteiger partial charge on any atom is -0.466 e. The molecule has 1 aromatic carbocycles. The van der Waals surface area contributed by atoms with Crippen LogP contribution in [0.15, 0.2) is 28.7 Å². The van der Waals surface area contributed by atoms with Gasteiger partial charge >= 0.3 is 0 Å². The molecule has 2 heterocycles. The third-order valence-corrected chi connectivity index (χ3v) is 5.52. The van der Waals surface area contributed by atoms with E-state index >= 15 is 0 Å².